The predicted octanol–water partition coefficient (Wildman–Crippen LogP) is 3.59. The van der Waals surface area contributed by atoms with Crippen LogP contribution in [0.1, 0.15) is 12.0 Å². The second-order valence-electron chi connectivity index (χ2n) is 5.84. The average Bonchev–Trinajstić information content (AvgIpc) is 3.16. The van der Waals surface area contributed by atoms with Gasteiger partial charge in [-0.3, -0.25) is 0 Å². The number of rotatable bonds is 7. The van der Waals surface area contributed by atoms with Crippen LogP contribution in [0.5, 0.6) is 11.6 Å². The quantitative estimate of drug-likeness (QED) is 0.638. The van der Waals surface area contributed by atoms with Crippen LogP contribution in [-0.2, 0) is 6.54 Å². The normalized spacial score (nSPS) is 10.3. The van der Waals surface area contributed by atoms with E-state index in [0.29, 0.717) is 18.1 Å². The molecule has 2 aromatic heterocycles. The first-order valence-electron chi connectivity index (χ1n) is 8.40. The van der Waals surface area contributed by atoms with E-state index in [1.807, 2.05) is 42.0 Å². The number of hydrogen-bond acceptors (Lipinski definition) is 4. The van der Waals surface area contributed by atoms with Gasteiger partial charge in [0.25, 0.3) is 0 Å². The lowest BCUT2D eigenvalue weighted by Gasteiger charge is -2.09. The molecule has 3 rings (SSSR count). The third-order valence-corrected chi connectivity index (χ3v) is 3.68. The third kappa shape index (κ3) is 5.34. The number of imidazole rings is 1. The van der Waals surface area contributed by atoms with E-state index in [4.69, 9.17) is 4.74 Å². The van der Waals surface area contributed by atoms with Gasteiger partial charge in [-0.1, -0.05) is 17.7 Å². The molecule has 0 aliphatic heterocycles. The first-order valence-corrected chi connectivity index (χ1v) is 8.40. The largest absolute Gasteiger partial charge is 0.439 e. The summed E-state index contributed by atoms with van der Waals surface area (Å²) in [5.41, 5.74) is 1.77. The third-order valence-electron chi connectivity index (χ3n) is 3.68. The number of carbonyl (C=O) groups excluding carboxylic acids is 1. The number of benzene rings is 1. The molecular formula is C19H21N5O2. The Labute approximate surface area is 152 Å². The molecule has 0 bridgehead atoms. The van der Waals surface area contributed by atoms with E-state index in [0.717, 1.165) is 18.7 Å². The standard InChI is InChI=1S/C19H21N5O2/c1-15-3-6-17(7-4-15)26-18-8-5-16(13-22-18)23-19(25)21-9-2-11-24-12-10-20-14-24/h3-8,10,12-14H,2,9,11H2,1H3,(H2,21,23,25). The summed E-state index contributed by atoms with van der Waals surface area (Å²) in [7, 11) is 0. The molecule has 3 aromatic rings. The minimum Gasteiger partial charge on any atom is -0.439 e. The molecule has 0 fully saturated rings. The maximum absolute atomic E-state index is 11.9. The number of ether oxygens (including phenoxy) is 1. The summed E-state index contributed by atoms with van der Waals surface area (Å²) in [6.45, 7) is 3.41. The first kappa shape index (κ1) is 17.5. The molecule has 2 N–H and O–H groups in total. The summed E-state index contributed by atoms with van der Waals surface area (Å²) >= 11 is 0. The molecule has 0 saturated carbocycles. The maximum atomic E-state index is 11.9. The van der Waals surface area contributed by atoms with Gasteiger partial charge < -0.3 is 19.9 Å². The Kier molecular flexibility index (Phi) is 5.82. The van der Waals surface area contributed by atoms with Crippen molar-refractivity contribution in [3.63, 3.8) is 0 Å². The van der Waals surface area contributed by atoms with Crippen LogP contribution in [0.15, 0.2) is 61.3 Å². The molecule has 1 aromatic carbocycles. The number of urea groups is 1. The second-order valence-corrected chi connectivity index (χ2v) is 5.84. The van der Waals surface area contributed by atoms with Crippen LogP contribution in [0, 0.1) is 6.92 Å². The molecule has 134 valence electrons. The number of aryl methyl sites for hydroxylation is 2. The lowest BCUT2D eigenvalue weighted by atomic mass is 10.2. The Morgan fingerprint density at radius 1 is 1.19 bits per heavy atom. The van der Waals surface area contributed by atoms with Gasteiger partial charge in [-0.2, -0.15) is 0 Å². The van der Waals surface area contributed by atoms with Crippen molar-refractivity contribution >= 4 is 11.7 Å². The van der Waals surface area contributed by atoms with Crippen LogP contribution in [-0.4, -0.2) is 27.1 Å². The number of nitrogens with zero attached hydrogens (tertiary/aromatic N) is 3. The molecule has 0 atom stereocenters. The van der Waals surface area contributed by atoms with Gasteiger partial charge in [-0.15, -0.1) is 0 Å². The van der Waals surface area contributed by atoms with E-state index in [1.165, 1.54) is 5.56 Å². The highest BCUT2D eigenvalue weighted by Crippen LogP contribution is 2.20. The summed E-state index contributed by atoms with van der Waals surface area (Å²) in [5, 5.41) is 5.56. The zero-order chi connectivity index (χ0) is 18.2. The summed E-state index contributed by atoms with van der Waals surface area (Å²) in [4.78, 5) is 20.1. The molecule has 7 nitrogen and oxygen atoms in total. The summed E-state index contributed by atoms with van der Waals surface area (Å²) < 4.78 is 7.63. The number of pyridine rings is 1. The van der Waals surface area contributed by atoms with Crippen molar-refractivity contribution in [3.8, 4) is 11.6 Å². The van der Waals surface area contributed by atoms with Crippen LogP contribution < -0.4 is 15.4 Å². The molecule has 0 saturated heterocycles. The van der Waals surface area contributed by atoms with Crippen LogP contribution in [0.3, 0.4) is 0 Å². The number of carbonyl (C=O) groups is 1. The molecule has 2 heterocycles. The Morgan fingerprint density at radius 3 is 2.73 bits per heavy atom. The molecule has 7 heteroatoms. The van der Waals surface area contributed by atoms with Crippen LogP contribution in [0.25, 0.3) is 0 Å². The van der Waals surface area contributed by atoms with E-state index in [-0.39, 0.29) is 6.03 Å². The summed E-state index contributed by atoms with van der Waals surface area (Å²) in [6.07, 6.45) is 7.78. The molecule has 0 aliphatic carbocycles. The van der Waals surface area contributed by atoms with Crippen molar-refractivity contribution < 1.29 is 9.53 Å². The van der Waals surface area contributed by atoms with Gasteiger partial charge in [-0.25, -0.2) is 14.8 Å². The highest BCUT2D eigenvalue weighted by molar-refractivity contribution is 5.88. The zero-order valence-corrected chi connectivity index (χ0v) is 14.6. The predicted molar refractivity (Wildman–Crippen MR) is 99.4 cm³/mol. The molecule has 0 aliphatic rings. The van der Waals surface area contributed by atoms with Crippen molar-refractivity contribution in [1.82, 2.24) is 19.9 Å². The highest BCUT2D eigenvalue weighted by atomic mass is 16.5. The number of aromatic nitrogens is 3. The lowest BCUT2D eigenvalue weighted by Crippen LogP contribution is -2.30. The van der Waals surface area contributed by atoms with Crippen molar-refractivity contribution in [2.24, 2.45) is 0 Å². The van der Waals surface area contributed by atoms with E-state index in [2.05, 4.69) is 20.6 Å². The Morgan fingerprint density at radius 2 is 2.04 bits per heavy atom. The highest BCUT2D eigenvalue weighted by Gasteiger charge is 2.03. The smallest absolute Gasteiger partial charge is 0.319 e. The summed E-state index contributed by atoms with van der Waals surface area (Å²) in [5.74, 6) is 1.19. The Balaban J connectivity index is 1.41. The van der Waals surface area contributed by atoms with Gasteiger partial charge in [0.05, 0.1) is 18.2 Å². The van der Waals surface area contributed by atoms with Crippen LogP contribution in [0.4, 0.5) is 10.5 Å². The van der Waals surface area contributed by atoms with Crippen molar-refractivity contribution in [2.45, 2.75) is 19.9 Å². The average molecular weight is 351 g/mol. The van der Waals surface area contributed by atoms with E-state index >= 15 is 0 Å². The SMILES string of the molecule is Cc1ccc(Oc2ccc(NC(=O)NCCCn3ccnc3)cn2)cc1. The molecule has 0 spiro atoms. The molecule has 0 unspecified atom stereocenters. The van der Waals surface area contributed by atoms with Gasteiger partial charge in [0.15, 0.2) is 0 Å². The number of anilines is 1. The van der Waals surface area contributed by atoms with E-state index in [9.17, 15) is 4.79 Å². The lowest BCUT2D eigenvalue weighted by molar-refractivity contribution is 0.252. The minimum atomic E-state index is -0.260. The fraction of sp³-hybridized carbons (Fsp3) is 0.211. The van der Waals surface area contributed by atoms with Gasteiger partial charge in [0.1, 0.15) is 5.75 Å². The molecule has 2 amide bonds. The molecular weight excluding hydrogens is 330 g/mol. The minimum absolute atomic E-state index is 0.260. The maximum Gasteiger partial charge on any atom is 0.319 e. The second kappa shape index (κ2) is 8.66. The van der Waals surface area contributed by atoms with Crippen molar-refractivity contribution in [3.05, 3.63) is 66.9 Å². The van der Waals surface area contributed by atoms with Gasteiger partial charge in [0, 0.05) is 31.5 Å². The van der Waals surface area contributed by atoms with Gasteiger partial charge in [0.2, 0.25) is 5.88 Å². The van der Waals surface area contributed by atoms with Crippen molar-refractivity contribution in [2.75, 3.05) is 11.9 Å². The fourth-order valence-corrected chi connectivity index (χ4v) is 2.30. The Bertz CT molecular complexity index is 814. The zero-order valence-electron chi connectivity index (χ0n) is 14.6. The number of nitrogens with one attached hydrogen (secondary N) is 2. The van der Waals surface area contributed by atoms with E-state index < -0.39 is 0 Å². The molecule has 26 heavy (non-hydrogen) atoms. The monoisotopic (exact) mass is 351 g/mol. The van der Waals surface area contributed by atoms with E-state index in [1.54, 1.807) is 30.9 Å². The van der Waals surface area contributed by atoms with Crippen molar-refractivity contribution in [1.29, 1.82) is 0 Å². The van der Waals surface area contributed by atoms with Crippen LogP contribution >= 0.6 is 0 Å². The Hall–Kier alpha value is -3.35. The van der Waals surface area contributed by atoms with Gasteiger partial charge >= 0.3 is 6.03 Å². The first-order chi connectivity index (χ1) is 12.7. The topological polar surface area (TPSA) is 81.1 Å². The number of amides is 2. The molecule has 0 radical (unpaired) electrons. The number of hydrogen-bond donors (Lipinski definition) is 2. The summed E-state index contributed by atoms with van der Waals surface area (Å²) in [6, 6.07) is 10.9. The van der Waals surface area contributed by atoms with Crippen LogP contribution in [0.2, 0.25) is 0 Å². The fourth-order valence-electron chi connectivity index (χ4n) is 2.30. The van der Waals surface area contributed by atoms with Gasteiger partial charge in [-0.05, 0) is 31.5 Å².